The second kappa shape index (κ2) is 12.1. The lowest BCUT2D eigenvalue weighted by atomic mass is 9.88. The Morgan fingerprint density at radius 2 is 1.96 bits per heavy atom. The van der Waals surface area contributed by atoms with Gasteiger partial charge in [0, 0.05) is 19.4 Å². The fraction of sp³-hybridized carbons (Fsp3) is 0.652. The summed E-state index contributed by atoms with van der Waals surface area (Å²) in [4.78, 5) is 2.54. The maximum absolute atomic E-state index is 5.90. The first-order valence-electron chi connectivity index (χ1n) is 10.4. The van der Waals surface area contributed by atoms with Crippen LogP contribution < -0.4 is 5.73 Å². The van der Waals surface area contributed by atoms with Gasteiger partial charge in [0.1, 0.15) is 0 Å². The van der Waals surface area contributed by atoms with Gasteiger partial charge in [0.05, 0.1) is 12.6 Å². The van der Waals surface area contributed by atoms with Crippen LogP contribution in [0.2, 0.25) is 0 Å². The molecule has 1 aliphatic carbocycles. The van der Waals surface area contributed by atoms with E-state index in [9.17, 15) is 0 Å². The van der Waals surface area contributed by atoms with E-state index in [0.29, 0.717) is 12.6 Å². The summed E-state index contributed by atoms with van der Waals surface area (Å²) in [6.07, 6.45) is 11.2. The van der Waals surface area contributed by atoms with E-state index in [2.05, 4.69) is 41.8 Å². The van der Waals surface area contributed by atoms with Crippen LogP contribution in [0.5, 0.6) is 0 Å². The fourth-order valence-electron chi connectivity index (χ4n) is 4.18. The molecule has 0 bridgehead atoms. The first kappa shape index (κ1) is 21.0. The summed E-state index contributed by atoms with van der Waals surface area (Å²) in [5.41, 5.74) is 8.57. The number of methoxy groups -OCH3 is 1. The van der Waals surface area contributed by atoms with Crippen molar-refractivity contribution in [1.82, 2.24) is 4.90 Å². The van der Waals surface area contributed by atoms with E-state index in [-0.39, 0.29) is 0 Å². The molecule has 0 aliphatic heterocycles. The van der Waals surface area contributed by atoms with Crippen LogP contribution in [0.25, 0.3) is 0 Å². The monoisotopic (exact) mass is 358 g/mol. The first-order valence-corrected chi connectivity index (χ1v) is 10.4. The van der Waals surface area contributed by atoms with Crippen LogP contribution in [0.3, 0.4) is 0 Å². The molecule has 3 nitrogen and oxygen atoms in total. The smallest absolute Gasteiger partial charge is 0.0666 e. The standard InChI is InChI=1S/C23H38N2O/c1-20(10-9-15-21-11-5-3-6-12-21)25(23(16-17-24)19-26-2)18-22-13-7-4-8-14-22/h3,5-6,11-12,22-23H,1,4,7-10,13-19,24H2,2H3. The quantitative estimate of drug-likeness (QED) is 0.585. The van der Waals surface area contributed by atoms with Gasteiger partial charge in [-0.1, -0.05) is 56.2 Å². The molecular weight excluding hydrogens is 320 g/mol. The second-order valence-corrected chi connectivity index (χ2v) is 7.75. The van der Waals surface area contributed by atoms with E-state index < -0.39 is 0 Å². The molecule has 1 atom stereocenters. The molecule has 3 heteroatoms. The summed E-state index contributed by atoms with van der Waals surface area (Å²) in [5.74, 6) is 0.798. The molecule has 0 heterocycles. The molecule has 0 spiro atoms. The predicted octanol–water partition coefficient (Wildman–Crippen LogP) is 4.77. The van der Waals surface area contributed by atoms with Crippen LogP contribution in [0.4, 0.5) is 0 Å². The number of aryl methyl sites for hydroxylation is 1. The van der Waals surface area contributed by atoms with Gasteiger partial charge in [0.2, 0.25) is 0 Å². The van der Waals surface area contributed by atoms with Gasteiger partial charge in [0.25, 0.3) is 0 Å². The number of nitrogens with zero attached hydrogens (tertiary/aromatic N) is 1. The average Bonchev–Trinajstić information content (AvgIpc) is 2.67. The highest BCUT2D eigenvalue weighted by atomic mass is 16.5. The summed E-state index contributed by atoms with van der Waals surface area (Å²) < 4.78 is 5.51. The lowest BCUT2D eigenvalue weighted by Gasteiger charge is -2.38. The molecule has 2 rings (SSSR count). The topological polar surface area (TPSA) is 38.5 Å². The molecule has 1 aliphatic rings. The van der Waals surface area contributed by atoms with Crippen LogP contribution in [-0.4, -0.2) is 37.7 Å². The summed E-state index contributed by atoms with van der Waals surface area (Å²) in [5, 5.41) is 0. The van der Waals surface area contributed by atoms with Crippen molar-refractivity contribution in [2.45, 2.75) is 63.8 Å². The van der Waals surface area contributed by atoms with Crippen molar-refractivity contribution < 1.29 is 4.74 Å². The molecular formula is C23H38N2O. The largest absolute Gasteiger partial charge is 0.383 e. The van der Waals surface area contributed by atoms with Gasteiger partial charge in [-0.25, -0.2) is 0 Å². The van der Waals surface area contributed by atoms with Crippen LogP contribution in [0.15, 0.2) is 42.6 Å². The molecule has 1 unspecified atom stereocenters. The second-order valence-electron chi connectivity index (χ2n) is 7.75. The average molecular weight is 359 g/mol. The highest BCUT2D eigenvalue weighted by Gasteiger charge is 2.24. The maximum atomic E-state index is 5.90. The van der Waals surface area contributed by atoms with Crippen LogP contribution >= 0.6 is 0 Å². The zero-order chi connectivity index (χ0) is 18.6. The summed E-state index contributed by atoms with van der Waals surface area (Å²) in [7, 11) is 1.79. The SMILES string of the molecule is C=C(CCCc1ccccc1)N(CC1CCCCC1)C(CCN)COC. The molecule has 1 fully saturated rings. The van der Waals surface area contributed by atoms with Gasteiger partial charge >= 0.3 is 0 Å². The van der Waals surface area contributed by atoms with E-state index >= 15 is 0 Å². The Kier molecular flexibility index (Phi) is 9.80. The van der Waals surface area contributed by atoms with Crippen LogP contribution in [-0.2, 0) is 11.2 Å². The van der Waals surface area contributed by atoms with Crippen molar-refractivity contribution in [1.29, 1.82) is 0 Å². The predicted molar refractivity (Wildman–Crippen MR) is 111 cm³/mol. The van der Waals surface area contributed by atoms with Crippen molar-refractivity contribution in [3.8, 4) is 0 Å². The van der Waals surface area contributed by atoms with E-state index in [1.165, 1.54) is 43.4 Å². The third-order valence-electron chi connectivity index (χ3n) is 5.66. The number of rotatable bonds is 12. The molecule has 0 amide bonds. The molecule has 1 aromatic rings. The number of nitrogens with two attached hydrogens (primary N) is 1. The van der Waals surface area contributed by atoms with E-state index in [0.717, 1.165) is 44.8 Å². The fourth-order valence-corrected chi connectivity index (χ4v) is 4.18. The highest BCUT2D eigenvalue weighted by molar-refractivity contribution is 5.15. The van der Waals surface area contributed by atoms with E-state index in [1.807, 2.05) is 0 Å². The van der Waals surface area contributed by atoms with E-state index in [1.54, 1.807) is 7.11 Å². The minimum absolute atomic E-state index is 0.358. The van der Waals surface area contributed by atoms with Crippen molar-refractivity contribution in [2.24, 2.45) is 11.7 Å². The van der Waals surface area contributed by atoms with Crippen molar-refractivity contribution in [3.63, 3.8) is 0 Å². The van der Waals surface area contributed by atoms with E-state index in [4.69, 9.17) is 10.5 Å². The Morgan fingerprint density at radius 1 is 1.23 bits per heavy atom. The third kappa shape index (κ3) is 7.13. The highest BCUT2D eigenvalue weighted by Crippen LogP contribution is 2.28. The summed E-state index contributed by atoms with van der Waals surface area (Å²) >= 11 is 0. The number of hydrogen-bond donors (Lipinski definition) is 1. The lowest BCUT2D eigenvalue weighted by Crippen LogP contribution is -2.42. The molecule has 1 saturated carbocycles. The van der Waals surface area contributed by atoms with Crippen molar-refractivity contribution in [2.75, 3.05) is 26.8 Å². The molecule has 0 radical (unpaired) electrons. The molecule has 2 N–H and O–H groups in total. The Hall–Kier alpha value is -1.32. The number of benzene rings is 1. The van der Waals surface area contributed by atoms with Gasteiger partial charge in [0.15, 0.2) is 0 Å². The zero-order valence-corrected chi connectivity index (χ0v) is 16.7. The van der Waals surface area contributed by atoms with Gasteiger partial charge in [-0.15, -0.1) is 0 Å². The number of allylic oxidation sites excluding steroid dienone is 1. The third-order valence-corrected chi connectivity index (χ3v) is 5.66. The van der Waals surface area contributed by atoms with Crippen LogP contribution in [0.1, 0.15) is 56.9 Å². The first-order chi connectivity index (χ1) is 12.7. The van der Waals surface area contributed by atoms with Crippen molar-refractivity contribution >= 4 is 0 Å². The molecule has 0 aromatic heterocycles. The lowest BCUT2D eigenvalue weighted by molar-refractivity contribution is 0.0897. The molecule has 0 saturated heterocycles. The van der Waals surface area contributed by atoms with Crippen molar-refractivity contribution in [3.05, 3.63) is 48.2 Å². The van der Waals surface area contributed by atoms with Gasteiger partial charge in [-0.05, 0) is 56.6 Å². The van der Waals surface area contributed by atoms with Gasteiger partial charge < -0.3 is 15.4 Å². The molecule has 146 valence electrons. The normalized spacial score (nSPS) is 16.4. The Bertz CT molecular complexity index is 490. The Balaban J connectivity index is 1.94. The summed E-state index contributed by atoms with van der Waals surface area (Å²) in [6, 6.07) is 11.1. The minimum atomic E-state index is 0.358. The maximum Gasteiger partial charge on any atom is 0.0666 e. The Morgan fingerprint density at radius 3 is 2.62 bits per heavy atom. The Labute approximate surface area is 160 Å². The minimum Gasteiger partial charge on any atom is -0.383 e. The molecule has 1 aromatic carbocycles. The van der Waals surface area contributed by atoms with Gasteiger partial charge in [-0.3, -0.25) is 0 Å². The summed E-state index contributed by atoms with van der Waals surface area (Å²) in [6.45, 7) is 7.03. The number of ether oxygens (including phenoxy) is 1. The van der Waals surface area contributed by atoms with Crippen LogP contribution in [0, 0.1) is 5.92 Å². The van der Waals surface area contributed by atoms with Gasteiger partial charge in [-0.2, -0.15) is 0 Å². The molecule has 26 heavy (non-hydrogen) atoms. The number of hydrogen-bond acceptors (Lipinski definition) is 3. The zero-order valence-electron chi connectivity index (χ0n) is 16.7.